The van der Waals surface area contributed by atoms with Crippen molar-refractivity contribution >= 4 is 15.9 Å². The lowest BCUT2D eigenvalue weighted by Gasteiger charge is -2.39. The van der Waals surface area contributed by atoms with Gasteiger partial charge in [-0.25, -0.2) is 0 Å². The monoisotopic (exact) mass is 353 g/mol. The largest absolute Gasteiger partial charge is 0.314 e. The number of nitrogens with one attached hydrogen (secondary N) is 1. The van der Waals surface area contributed by atoms with Crippen LogP contribution in [0.3, 0.4) is 0 Å². The van der Waals surface area contributed by atoms with Crippen molar-refractivity contribution in [3.05, 3.63) is 34.3 Å². The smallest absolute Gasteiger partial charge is 0.0235 e. The van der Waals surface area contributed by atoms with Crippen LogP contribution in [0.15, 0.2) is 28.7 Å². The zero-order valence-corrected chi connectivity index (χ0v) is 15.1. The van der Waals surface area contributed by atoms with Crippen LogP contribution in [0, 0.1) is 0 Å². The lowest BCUT2D eigenvalue weighted by atomic mass is 9.97. The Kier molecular flexibility index (Phi) is 6.68. The highest BCUT2D eigenvalue weighted by Crippen LogP contribution is 2.20. The van der Waals surface area contributed by atoms with E-state index in [9.17, 15) is 0 Å². The fourth-order valence-electron chi connectivity index (χ4n) is 3.14. The lowest BCUT2D eigenvalue weighted by Crippen LogP contribution is -2.52. The third kappa shape index (κ3) is 5.06. The van der Waals surface area contributed by atoms with Gasteiger partial charge in [0.05, 0.1) is 0 Å². The second-order valence-electron chi connectivity index (χ2n) is 6.18. The van der Waals surface area contributed by atoms with E-state index < -0.39 is 0 Å². The lowest BCUT2D eigenvalue weighted by molar-refractivity contribution is 0.101. The molecule has 2 atom stereocenters. The van der Waals surface area contributed by atoms with Crippen molar-refractivity contribution in [1.82, 2.24) is 15.1 Å². The summed E-state index contributed by atoms with van der Waals surface area (Å²) in [6, 6.07) is 9.76. The van der Waals surface area contributed by atoms with Gasteiger partial charge >= 0.3 is 0 Å². The zero-order valence-electron chi connectivity index (χ0n) is 13.5. The summed E-state index contributed by atoms with van der Waals surface area (Å²) in [6.45, 7) is 6.76. The molecule has 0 spiro atoms. The van der Waals surface area contributed by atoms with Crippen LogP contribution in [-0.2, 0) is 6.42 Å². The zero-order chi connectivity index (χ0) is 15.2. The average molecular weight is 354 g/mol. The summed E-state index contributed by atoms with van der Waals surface area (Å²) < 4.78 is 1.22. The van der Waals surface area contributed by atoms with Crippen LogP contribution in [0.2, 0.25) is 0 Å². The van der Waals surface area contributed by atoms with E-state index in [4.69, 9.17) is 0 Å². The molecule has 2 rings (SSSR count). The molecule has 1 saturated heterocycles. The number of rotatable bonds is 6. The number of piperazine rings is 1. The molecule has 0 bridgehead atoms. The Balaban J connectivity index is 2.00. The standard InChI is InChI=1S/C17H28BrN3/c1-4-19-15(11-14-7-5-6-8-17(14)18)12-16-13-20(2)9-10-21(16)3/h5-8,15-16,19H,4,9-13H2,1-3H3. The van der Waals surface area contributed by atoms with Crippen molar-refractivity contribution in [2.45, 2.75) is 31.8 Å². The van der Waals surface area contributed by atoms with Gasteiger partial charge in [-0.2, -0.15) is 0 Å². The van der Waals surface area contributed by atoms with Crippen LogP contribution in [0.5, 0.6) is 0 Å². The number of hydrogen-bond acceptors (Lipinski definition) is 3. The highest BCUT2D eigenvalue weighted by atomic mass is 79.9. The van der Waals surface area contributed by atoms with Crippen molar-refractivity contribution in [2.24, 2.45) is 0 Å². The molecule has 2 unspecified atom stereocenters. The molecular formula is C17H28BrN3. The van der Waals surface area contributed by atoms with Gasteiger partial charge in [0.25, 0.3) is 0 Å². The van der Waals surface area contributed by atoms with Gasteiger partial charge in [0.15, 0.2) is 0 Å². The Hall–Kier alpha value is -0.420. The summed E-state index contributed by atoms with van der Waals surface area (Å²) in [7, 11) is 4.50. The molecule has 1 aromatic rings. The average Bonchev–Trinajstić information content (AvgIpc) is 2.45. The first-order chi connectivity index (χ1) is 10.1. The maximum Gasteiger partial charge on any atom is 0.0235 e. The number of likely N-dealkylation sites (N-methyl/N-ethyl adjacent to an activating group) is 3. The predicted molar refractivity (Wildman–Crippen MR) is 93.8 cm³/mol. The van der Waals surface area contributed by atoms with Crippen molar-refractivity contribution in [2.75, 3.05) is 40.3 Å². The van der Waals surface area contributed by atoms with Crippen LogP contribution in [-0.4, -0.2) is 62.2 Å². The SMILES string of the molecule is CCNC(Cc1ccccc1Br)CC1CN(C)CCN1C. The highest BCUT2D eigenvalue weighted by molar-refractivity contribution is 9.10. The Labute approximate surface area is 137 Å². The fraction of sp³-hybridized carbons (Fsp3) is 0.647. The minimum Gasteiger partial charge on any atom is -0.314 e. The fourth-order valence-corrected chi connectivity index (χ4v) is 3.59. The van der Waals surface area contributed by atoms with Gasteiger partial charge in [-0.05, 0) is 45.1 Å². The second kappa shape index (κ2) is 8.28. The third-order valence-corrected chi connectivity index (χ3v) is 5.23. The molecule has 118 valence electrons. The molecule has 1 N–H and O–H groups in total. The molecule has 1 fully saturated rings. The molecular weight excluding hydrogens is 326 g/mol. The molecule has 4 heteroatoms. The molecule has 1 aliphatic rings. The molecule has 1 aliphatic heterocycles. The van der Waals surface area contributed by atoms with Crippen LogP contribution in [0.4, 0.5) is 0 Å². The quantitative estimate of drug-likeness (QED) is 0.847. The van der Waals surface area contributed by atoms with Crippen LogP contribution >= 0.6 is 15.9 Å². The van der Waals surface area contributed by atoms with Gasteiger partial charge in [0.1, 0.15) is 0 Å². The number of hydrogen-bond donors (Lipinski definition) is 1. The molecule has 0 radical (unpaired) electrons. The molecule has 3 nitrogen and oxygen atoms in total. The van der Waals surface area contributed by atoms with E-state index in [1.165, 1.54) is 36.1 Å². The highest BCUT2D eigenvalue weighted by Gasteiger charge is 2.25. The van der Waals surface area contributed by atoms with Gasteiger partial charge in [-0.15, -0.1) is 0 Å². The van der Waals surface area contributed by atoms with Crippen molar-refractivity contribution in [3.63, 3.8) is 0 Å². The Bertz CT molecular complexity index is 438. The molecule has 0 amide bonds. The maximum atomic E-state index is 3.68. The summed E-state index contributed by atoms with van der Waals surface area (Å²) in [5.41, 5.74) is 1.40. The molecule has 0 aromatic heterocycles. The molecule has 1 heterocycles. The summed E-state index contributed by atoms with van der Waals surface area (Å²) in [5, 5.41) is 3.67. The number of halogens is 1. The van der Waals surface area contributed by atoms with E-state index in [0.717, 1.165) is 13.0 Å². The molecule has 1 aromatic carbocycles. The minimum absolute atomic E-state index is 0.535. The van der Waals surface area contributed by atoms with Gasteiger partial charge in [-0.3, -0.25) is 0 Å². The van der Waals surface area contributed by atoms with Crippen LogP contribution < -0.4 is 5.32 Å². The first kappa shape index (κ1) is 16.9. The third-order valence-electron chi connectivity index (χ3n) is 4.45. The minimum atomic E-state index is 0.535. The van der Waals surface area contributed by atoms with Gasteiger partial charge in [-0.1, -0.05) is 41.1 Å². The van der Waals surface area contributed by atoms with Crippen LogP contribution in [0.1, 0.15) is 18.9 Å². The first-order valence-electron chi connectivity index (χ1n) is 7.95. The van der Waals surface area contributed by atoms with Gasteiger partial charge in [0, 0.05) is 36.2 Å². The Morgan fingerprint density at radius 2 is 2.05 bits per heavy atom. The normalized spacial score (nSPS) is 22.4. The number of benzene rings is 1. The van der Waals surface area contributed by atoms with Crippen molar-refractivity contribution in [3.8, 4) is 0 Å². The topological polar surface area (TPSA) is 18.5 Å². The van der Waals surface area contributed by atoms with Crippen molar-refractivity contribution in [1.29, 1.82) is 0 Å². The Morgan fingerprint density at radius 1 is 1.29 bits per heavy atom. The predicted octanol–water partition coefficient (Wildman–Crippen LogP) is 2.61. The van der Waals surface area contributed by atoms with E-state index in [1.807, 2.05) is 0 Å². The second-order valence-corrected chi connectivity index (χ2v) is 7.04. The summed E-state index contributed by atoms with van der Waals surface area (Å²) in [5.74, 6) is 0. The summed E-state index contributed by atoms with van der Waals surface area (Å²) in [6.07, 6.45) is 2.29. The summed E-state index contributed by atoms with van der Waals surface area (Å²) >= 11 is 3.68. The van der Waals surface area contributed by atoms with Crippen molar-refractivity contribution < 1.29 is 0 Å². The van der Waals surface area contributed by atoms with Gasteiger partial charge < -0.3 is 15.1 Å². The molecule has 0 aliphatic carbocycles. The first-order valence-corrected chi connectivity index (χ1v) is 8.75. The van der Waals surface area contributed by atoms with E-state index >= 15 is 0 Å². The van der Waals surface area contributed by atoms with Crippen LogP contribution in [0.25, 0.3) is 0 Å². The van der Waals surface area contributed by atoms with E-state index in [0.29, 0.717) is 12.1 Å². The number of nitrogens with zero attached hydrogens (tertiary/aromatic N) is 2. The maximum absolute atomic E-state index is 3.68. The molecule has 0 saturated carbocycles. The van der Waals surface area contributed by atoms with E-state index in [-0.39, 0.29) is 0 Å². The Morgan fingerprint density at radius 3 is 2.76 bits per heavy atom. The molecule has 21 heavy (non-hydrogen) atoms. The van der Waals surface area contributed by atoms with E-state index in [1.54, 1.807) is 0 Å². The van der Waals surface area contributed by atoms with Gasteiger partial charge in [0.2, 0.25) is 0 Å². The van der Waals surface area contributed by atoms with E-state index in [2.05, 4.69) is 76.3 Å². The summed E-state index contributed by atoms with van der Waals surface area (Å²) in [4.78, 5) is 4.97.